The second-order valence-corrected chi connectivity index (χ2v) is 3.15. The molecule has 0 aromatic carbocycles. The number of methoxy groups -OCH3 is 1. The van der Waals surface area contributed by atoms with Gasteiger partial charge in [-0.1, -0.05) is 13.3 Å². The molecule has 0 aliphatic heterocycles. The molecule has 1 N–H and O–H groups in total. The van der Waals surface area contributed by atoms with Crippen LogP contribution in [-0.2, 0) is 4.74 Å². The number of carbonyl (C=O) groups excluding carboxylic acids is 1. The van der Waals surface area contributed by atoms with Gasteiger partial charge in [-0.15, -0.1) is 0 Å². The lowest BCUT2D eigenvalue weighted by Crippen LogP contribution is -2.36. The SMILES string of the molecule is COC(=O)N[C@H]1CCC[C@H]1C. The molecule has 64 valence electrons. The molecule has 1 aliphatic carbocycles. The lowest BCUT2D eigenvalue weighted by molar-refractivity contribution is 0.164. The first-order valence-electron chi connectivity index (χ1n) is 4.08. The Morgan fingerprint density at radius 3 is 2.73 bits per heavy atom. The van der Waals surface area contributed by atoms with Gasteiger partial charge in [-0.2, -0.15) is 0 Å². The zero-order valence-corrected chi connectivity index (χ0v) is 7.09. The zero-order chi connectivity index (χ0) is 8.27. The van der Waals surface area contributed by atoms with Gasteiger partial charge < -0.3 is 10.1 Å². The third-order valence-corrected chi connectivity index (χ3v) is 2.35. The molecule has 1 aliphatic rings. The lowest BCUT2D eigenvalue weighted by Gasteiger charge is -2.15. The van der Waals surface area contributed by atoms with Crippen LogP contribution in [0.3, 0.4) is 0 Å². The van der Waals surface area contributed by atoms with Gasteiger partial charge in [0.05, 0.1) is 7.11 Å². The van der Waals surface area contributed by atoms with Crippen molar-refractivity contribution in [2.24, 2.45) is 5.92 Å². The first kappa shape index (κ1) is 8.37. The van der Waals surface area contributed by atoms with E-state index >= 15 is 0 Å². The Morgan fingerprint density at radius 2 is 2.27 bits per heavy atom. The van der Waals surface area contributed by atoms with E-state index in [1.54, 1.807) is 0 Å². The molecule has 0 aromatic rings. The van der Waals surface area contributed by atoms with Crippen molar-refractivity contribution in [3.63, 3.8) is 0 Å². The van der Waals surface area contributed by atoms with Crippen LogP contribution >= 0.6 is 0 Å². The third kappa shape index (κ3) is 2.10. The summed E-state index contributed by atoms with van der Waals surface area (Å²) in [4.78, 5) is 10.8. The quantitative estimate of drug-likeness (QED) is 0.627. The summed E-state index contributed by atoms with van der Waals surface area (Å²) in [5, 5.41) is 2.82. The number of hydrogen-bond acceptors (Lipinski definition) is 2. The molecule has 0 heterocycles. The van der Waals surface area contributed by atoms with Gasteiger partial charge in [0.15, 0.2) is 0 Å². The first-order chi connectivity index (χ1) is 5.24. The molecule has 0 unspecified atom stereocenters. The van der Waals surface area contributed by atoms with Gasteiger partial charge in [0.1, 0.15) is 0 Å². The third-order valence-electron chi connectivity index (χ3n) is 2.35. The molecule has 3 nitrogen and oxygen atoms in total. The van der Waals surface area contributed by atoms with Crippen LogP contribution in [0, 0.1) is 5.92 Å². The van der Waals surface area contributed by atoms with Gasteiger partial charge in [0.25, 0.3) is 0 Å². The van der Waals surface area contributed by atoms with Crippen LogP contribution in [0.25, 0.3) is 0 Å². The van der Waals surface area contributed by atoms with Gasteiger partial charge in [-0.05, 0) is 18.8 Å². The van der Waals surface area contributed by atoms with Crippen molar-refractivity contribution in [1.82, 2.24) is 5.32 Å². The molecule has 0 radical (unpaired) electrons. The Kier molecular flexibility index (Phi) is 2.74. The van der Waals surface area contributed by atoms with Crippen LogP contribution < -0.4 is 5.32 Å². The van der Waals surface area contributed by atoms with Gasteiger partial charge >= 0.3 is 6.09 Å². The standard InChI is InChI=1S/C8H15NO2/c1-6-4-3-5-7(6)9-8(10)11-2/h6-7H,3-5H2,1-2H3,(H,9,10)/t6-,7+/m1/s1. The summed E-state index contributed by atoms with van der Waals surface area (Å²) >= 11 is 0. The number of carbonyl (C=O) groups is 1. The smallest absolute Gasteiger partial charge is 0.407 e. The predicted molar refractivity (Wildman–Crippen MR) is 42.3 cm³/mol. The molecular weight excluding hydrogens is 142 g/mol. The number of amides is 1. The number of nitrogens with one attached hydrogen (secondary N) is 1. The molecule has 1 amide bonds. The summed E-state index contributed by atoms with van der Waals surface area (Å²) in [6.07, 6.45) is 3.23. The van der Waals surface area contributed by atoms with E-state index in [9.17, 15) is 4.79 Å². The average Bonchev–Trinajstić information content (AvgIpc) is 2.37. The van der Waals surface area contributed by atoms with Crippen molar-refractivity contribution in [3.05, 3.63) is 0 Å². The van der Waals surface area contributed by atoms with Gasteiger partial charge in [-0.25, -0.2) is 4.79 Å². The van der Waals surface area contributed by atoms with E-state index in [0.717, 1.165) is 6.42 Å². The Labute approximate surface area is 67.1 Å². The second kappa shape index (κ2) is 3.60. The summed E-state index contributed by atoms with van der Waals surface area (Å²) in [5.41, 5.74) is 0. The molecule has 0 saturated heterocycles. The van der Waals surface area contributed by atoms with E-state index in [-0.39, 0.29) is 6.09 Å². The van der Waals surface area contributed by atoms with Crippen molar-refractivity contribution in [1.29, 1.82) is 0 Å². The van der Waals surface area contributed by atoms with E-state index < -0.39 is 0 Å². The minimum atomic E-state index is -0.302. The number of rotatable bonds is 1. The Hall–Kier alpha value is -0.730. The lowest BCUT2D eigenvalue weighted by atomic mass is 10.1. The van der Waals surface area contributed by atoms with Crippen molar-refractivity contribution in [3.8, 4) is 0 Å². The normalized spacial score (nSPS) is 30.0. The minimum absolute atomic E-state index is 0.302. The monoisotopic (exact) mass is 157 g/mol. The molecule has 1 fully saturated rings. The van der Waals surface area contributed by atoms with Crippen LogP contribution in [0.15, 0.2) is 0 Å². The average molecular weight is 157 g/mol. The van der Waals surface area contributed by atoms with E-state index in [4.69, 9.17) is 0 Å². The van der Waals surface area contributed by atoms with E-state index in [1.165, 1.54) is 20.0 Å². The van der Waals surface area contributed by atoms with Crippen molar-refractivity contribution in [2.75, 3.05) is 7.11 Å². The molecule has 0 bridgehead atoms. The molecule has 11 heavy (non-hydrogen) atoms. The number of hydrogen-bond donors (Lipinski definition) is 1. The molecule has 3 heteroatoms. The van der Waals surface area contributed by atoms with Crippen molar-refractivity contribution >= 4 is 6.09 Å². The molecule has 0 aromatic heterocycles. The van der Waals surface area contributed by atoms with Crippen molar-refractivity contribution in [2.45, 2.75) is 32.2 Å². The fourth-order valence-electron chi connectivity index (χ4n) is 1.57. The first-order valence-corrected chi connectivity index (χ1v) is 4.08. The van der Waals surface area contributed by atoms with Crippen molar-refractivity contribution < 1.29 is 9.53 Å². The molecular formula is C8H15NO2. The van der Waals surface area contributed by atoms with Crippen LogP contribution in [0.1, 0.15) is 26.2 Å². The van der Waals surface area contributed by atoms with E-state index in [1.807, 2.05) is 0 Å². The number of alkyl carbamates (subject to hydrolysis) is 1. The molecule has 1 rings (SSSR count). The Balaban J connectivity index is 2.30. The van der Waals surface area contributed by atoms with Gasteiger partial charge in [0.2, 0.25) is 0 Å². The van der Waals surface area contributed by atoms with E-state index in [2.05, 4.69) is 17.0 Å². The van der Waals surface area contributed by atoms with Gasteiger partial charge in [0, 0.05) is 6.04 Å². The Morgan fingerprint density at radius 1 is 1.55 bits per heavy atom. The highest BCUT2D eigenvalue weighted by atomic mass is 16.5. The summed E-state index contributed by atoms with van der Waals surface area (Å²) in [5.74, 6) is 0.606. The topological polar surface area (TPSA) is 38.3 Å². The predicted octanol–water partition coefficient (Wildman–Crippen LogP) is 1.53. The maximum absolute atomic E-state index is 10.8. The highest BCUT2D eigenvalue weighted by Gasteiger charge is 2.24. The summed E-state index contributed by atoms with van der Waals surface area (Å²) in [6.45, 7) is 2.16. The van der Waals surface area contributed by atoms with Crippen LogP contribution in [0.5, 0.6) is 0 Å². The molecule has 1 saturated carbocycles. The zero-order valence-electron chi connectivity index (χ0n) is 7.09. The molecule has 2 atom stereocenters. The fourth-order valence-corrected chi connectivity index (χ4v) is 1.57. The maximum Gasteiger partial charge on any atom is 0.407 e. The maximum atomic E-state index is 10.8. The second-order valence-electron chi connectivity index (χ2n) is 3.15. The summed E-state index contributed by atoms with van der Waals surface area (Å²) < 4.78 is 4.51. The van der Waals surface area contributed by atoms with Crippen LogP contribution in [0.2, 0.25) is 0 Å². The molecule has 0 spiro atoms. The highest BCUT2D eigenvalue weighted by molar-refractivity contribution is 5.67. The van der Waals surface area contributed by atoms with Gasteiger partial charge in [-0.3, -0.25) is 0 Å². The highest BCUT2D eigenvalue weighted by Crippen LogP contribution is 2.24. The van der Waals surface area contributed by atoms with Crippen LogP contribution in [-0.4, -0.2) is 19.2 Å². The minimum Gasteiger partial charge on any atom is -0.453 e. The largest absolute Gasteiger partial charge is 0.453 e. The summed E-state index contributed by atoms with van der Waals surface area (Å²) in [6, 6.07) is 0.336. The fraction of sp³-hybridized carbons (Fsp3) is 0.875. The van der Waals surface area contributed by atoms with Crippen LogP contribution in [0.4, 0.5) is 4.79 Å². The number of ether oxygens (including phenoxy) is 1. The summed E-state index contributed by atoms with van der Waals surface area (Å²) in [7, 11) is 1.40. The van der Waals surface area contributed by atoms with E-state index in [0.29, 0.717) is 12.0 Å². The Bertz CT molecular complexity index is 147.